The van der Waals surface area contributed by atoms with Crippen molar-refractivity contribution in [2.24, 2.45) is 0 Å². The summed E-state index contributed by atoms with van der Waals surface area (Å²) >= 11 is 0. The lowest BCUT2D eigenvalue weighted by Gasteiger charge is -2.13. The van der Waals surface area contributed by atoms with Gasteiger partial charge in [0, 0.05) is 0 Å². The molecule has 0 aliphatic carbocycles. The summed E-state index contributed by atoms with van der Waals surface area (Å²) in [5, 5.41) is 13.3. The van der Waals surface area contributed by atoms with Crippen molar-refractivity contribution in [2.45, 2.75) is 12.5 Å². The Morgan fingerprint density at radius 1 is 1.33 bits per heavy atom. The Labute approximate surface area is 120 Å². The van der Waals surface area contributed by atoms with Crippen molar-refractivity contribution in [3.63, 3.8) is 0 Å². The van der Waals surface area contributed by atoms with Crippen LogP contribution in [0.5, 0.6) is 0 Å². The highest BCUT2D eigenvalue weighted by molar-refractivity contribution is 5.97. The van der Waals surface area contributed by atoms with Crippen LogP contribution in [0.1, 0.15) is 16.8 Å². The van der Waals surface area contributed by atoms with Gasteiger partial charge in [-0.1, -0.05) is 18.2 Å². The number of carboxylic acid groups (broad SMARTS) is 1. The number of benzene rings is 1. The van der Waals surface area contributed by atoms with E-state index in [0.717, 1.165) is 6.07 Å². The number of halogens is 1. The smallest absolute Gasteiger partial charge is 0.326 e. The summed E-state index contributed by atoms with van der Waals surface area (Å²) in [6.45, 7) is 2.94. The number of amides is 2. The van der Waals surface area contributed by atoms with Gasteiger partial charge < -0.3 is 15.7 Å². The minimum Gasteiger partial charge on any atom is -0.480 e. The molecule has 1 aromatic carbocycles. The lowest BCUT2D eigenvalue weighted by Crippen LogP contribution is -2.45. The molecule has 1 atom stereocenters. The van der Waals surface area contributed by atoms with Crippen LogP contribution in [0, 0.1) is 5.82 Å². The topological polar surface area (TPSA) is 95.5 Å². The van der Waals surface area contributed by atoms with Crippen molar-refractivity contribution in [1.29, 1.82) is 0 Å². The Bertz CT molecular complexity index is 560. The van der Waals surface area contributed by atoms with E-state index in [1.807, 2.05) is 0 Å². The molecule has 0 fully saturated rings. The average molecular weight is 294 g/mol. The van der Waals surface area contributed by atoms with Gasteiger partial charge in [-0.3, -0.25) is 9.59 Å². The van der Waals surface area contributed by atoms with Gasteiger partial charge in [-0.25, -0.2) is 9.18 Å². The van der Waals surface area contributed by atoms with Crippen LogP contribution in [-0.2, 0) is 9.59 Å². The number of hydrogen-bond donors (Lipinski definition) is 3. The zero-order valence-electron chi connectivity index (χ0n) is 11.1. The Morgan fingerprint density at radius 3 is 2.57 bits per heavy atom. The SMILES string of the molecule is C=CCC(NC(=O)CNC(=O)c1ccccc1F)C(=O)O. The van der Waals surface area contributed by atoms with Gasteiger partial charge in [-0.2, -0.15) is 0 Å². The van der Waals surface area contributed by atoms with Gasteiger partial charge >= 0.3 is 5.97 Å². The first-order chi connectivity index (χ1) is 9.95. The number of carboxylic acids is 1. The van der Waals surface area contributed by atoms with Gasteiger partial charge in [-0.15, -0.1) is 6.58 Å². The summed E-state index contributed by atoms with van der Waals surface area (Å²) in [5.41, 5.74) is -0.189. The van der Waals surface area contributed by atoms with Crippen molar-refractivity contribution >= 4 is 17.8 Å². The van der Waals surface area contributed by atoms with Crippen LogP contribution < -0.4 is 10.6 Å². The van der Waals surface area contributed by atoms with E-state index in [2.05, 4.69) is 17.2 Å². The number of aliphatic carboxylic acids is 1. The van der Waals surface area contributed by atoms with Gasteiger partial charge in [0.1, 0.15) is 11.9 Å². The molecule has 21 heavy (non-hydrogen) atoms. The molecule has 1 rings (SSSR count). The summed E-state index contributed by atoms with van der Waals surface area (Å²) in [6, 6.07) is 4.22. The number of hydrogen-bond acceptors (Lipinski definition) is 3. The maximum absolute atomic E-state index is 13.3. The third kappa shape index (κ3) is 5.06. The van der Waals surface area contributed by atoms with E-state index >= 15 is 0 Å². The third-order valence-electron chi connectivity index (χ3n) is 2.56. The largest absolute Gasteiger partial charge is 0.480 e. The Hall–Kier alpha value is -2.70. The summed E-state index contributed by atoms with van der Waals surface area (Å²) in [4.78, 5) is 34.0. The van der Waals surface area contributed by atoms with Gasteiger partial charge in [0.05, 0.1) is 12.1 Å². The quantitative estimate of drug-likeness (QED) is 0.645. The van der Waals surface area contributed by atoms with Crippen molar-refractivity contribution in [3.05, 3.63) is 48.3 Å². The van der Waals surface area contributed by atoms with Crippen molar-refractivity contribution < 1.29 is 23.9 Å². The highest BCUT2D eigenvalue weighted by atomic mass is 19.1. The third-order valence-corrected chi connectivity index (χ3v) is 2.56. The van der Waals surface area contributed by atoms with Crippen LogP contribution >= 0.6 is 0 Å². The van der Waals surface area contributed by atoms with E-state index in [0.29, 0.717) is 0 Å². The summed E-state index contributed by atoms with van der Waals surface area (Å²) < 4.78 is 13.3. The van der Waals surface area contributed by atoms with Gasteiger partial charge in [0.25, 0.3) is 5.91 Å². The van der Waals surface area contributed by atoms with E-state index in [9.17, 15) is 18.8 Å². The van der Waals surface area contributed by atoms with Gasteiger partial charge in [0.2, 0.25) is 5.91 Å². The van der Waals surface area contributed by atoms with Crippen LogP contribution in [0.3, 0.4) is 0 Å². The molecule has 3 N–H and O–H groups in total. The minimum atomic E-state index is -1.20. The molecule has 0 saturated heterocycles. The van der Waals surface area contributed by atoms with Crippen molar-refractivity contribution in [2.75, 3.05) is 6.54 Å². The van der Waals surface area contributed by atoms with Crippen LogP contribution in [0.25, 0.3) is 0 Å². The summed E-state index contributed by atoms with van der Waals surface area (Å²) in [7, 11) is 0. The predicted molar refractivity (Wildman–Crippen MR) is 73.1 cm³/mol. The van der Waals surface area contributed by atoms with Gasteiger partial charge in [0.15, 0.2) is 0 Å². The van der Waals surface area contributed by atoms with Gasteiger partial charge in [-0.05, 0) is 18.6 Å². The molecule has 112 valence electrons. The second-order valence-corrected chi connectivity index (χ2v) is 4.15. The van der Waals surface area contributed by atoms with Crippen LogP contribution in [0.15, 0.2) is 36.9 Å². The van der Waals surface area contributed by atoms with E-state index in [1.54, 1.807) is 0 Å². The molecule has 0 heterocycles. The molecule has 2 amide bonds. The molecule has 0 aliphatic heterocycles. The zero-order chi connectivity index (χ0) is 15.8. The molecule has 0 aliphatic rings. The average Bonchev–Trinajstić information content (AvgIpc) is 2.44. The fourth-order valence-corrected chi connectivity index (χ4v) is 1.53. The van der Waals surface area contributed by atoms with Crippen molar-refractivity contribution in [1.82, 2.24) is 10.6 Å². The number of carbonyl (C=O) groups is 3. The first kappa shape index (κ1) is 16.4. The van der Waals surface area contributed by atoms with E-state index in [4.69, 9.17) is 5.11 Å². The molecule has 0 aromatic heterocycles. The predicted octanol–water partition coefficient (Wildman–Crippen LogP) is 0.701. The molecule has 0 bridgehead atoms. The number of rotatable bonds is 7. The maximum Gasteiger partial charge on any atom is 0.326 e. The standard InChI is InChI=1S/C14H15FN2O4/c1-2-5-11(14(20)21)17-12(18)8-16-13(19)9-6-3-4-7-10(9)15/h2-4,6-7,11H,1,5,8H2,(H,16,19)(H,17,18)(H,20,21). The van der Waals surface area contributed by atoms with E-state index in [-0.39, 0.29) is 12.0 Å². The molecule has 6 nitrogen and oxygen atoms in total. The molecule has 1 unspecified atom stereocenters. The zero-order valence-corrected chi connectivity index (χ0v) is 11.1. The highest BCUT2D eigenvalue weighted by Crippen LogP contribution is 2.05. The lowest BCUT2D eigenvalue weighted by molar-refractivity contribution is -0.141. The first-order valence-corrected chi connectivity index (χ1v) is 6.11. The fourth-order valence-electron chi connectivity index (χ4n) is 1.53. The summed E-state index contributed by atoms with van der Waals surface area (Å²) in [5.74, 6) is -3.35. The molecule has 1 aromatic rings. The first-order valence-electron chi connectivity index (χ1n) is 6.11. The molecular weight excluding hydrogens is 279 g/mol. The van der Waals surface area contributed by atoms with Crippen LogP contribution in [-0.4, -0.2) is 35.5 Å². The normalized spacial score (nSPS) is 11.3. The van der Waals surface area contributed by atoms with Crippen molar-refractivity contribution in [3.8, 4) is 0 Å². The van der Waals surface area contributed by atoms with Crippen LogP contribution in [0.2, 0.25) is 0 Å². The molecule has 0 saturated carbocycles. The van der Waals surface area contributed by atoms with E-state index < -0.39 is 36.2 Å². The Morgan fingerprint density at radius 2 is 2.00 bits per heavy atom. The molecular formula is C14H15FN2O4. The fraction of sp³-hybridized carbons (Fsp3) is 0.214. The molecule has 0 radical (unpaired) electrons. The monoisotopic (exact) mass is 294 g/mol. The maximum atomic E-state index is 13.3. The minimum absolute atomic E-state index is 0.0579. The number of nitrogens with one attached hydrogen (secondary N) is 2. The lowest BCUT2D eigenvalue weighted by atomic mass is 10.2. The van der Waals surface area contributed by atoms with Crippen LogP contribution in [0.4, 0.5) is 4.39 Å². The second kappa shape index (κ2) is 7.78. The van der Waals surface area contributed by atoms with E-state index in [1.165, 1.54) is 24.3 Å². The highest BCUT2D eigenvalue weighted by Gasteiger charge is 2.19. The molecule has 0 spiro atoms. The Kier molecular flexibility index (Phi) is 6.06. The second-order valence-electron chi connectivity index (χ2n) is 4.15. The molecule has 7 heteroatoms. The number of carbonyl (C=O) groups excluding carboxylic acids is 2. The summed E-state index contributed by atoms with van der Waals surface area (Å²) in [6.07, 6.45) is 1.42. The Balaban J connectivity index is 2.53.